The van der Waals surface area contributed by atoms with Crippen LogP contribution in [0.15, 0.2) is 30.3 Å². The molecule has 138 valence electrons. The second-order valence-electron chi connectivity index (χ2n) is 7.41. The Bertz CT molecular complexity index is 822. The fourth-order valence-electron chi connectivity index (χ4n) is 3.04. The van der Waals surface area contributed by atoms with Crippen LogP contribution in [0, 0.1) is 0 Å². The van der Waals surface area contributed by atoms with Crippen molar-refractivity contribution in [1.82, 2.24) is 4.90 Å². The second-order valence-corrected chi connectivity index (χ2v) is 8.51. The Balaban J connectivity index is 1.93. The number of amides is 2. The van der Waals surface area contributed by atoms with Gasteiger partial charge in [0.05, 0.1) is 6.54 Å². The molecule has 0 saturated heterocycles. The third-order valence-electron chi connectivity index (χ3n) is 4.06. The molecule has 1 aromatic heterocycles. The van der Waals surface area contributed by atoms with E-state index >= 15 is 0 Å². The molecule has 1 aromatic carbocycles. The molecule has 0 unspecified atom stereocenters. The summed E-state index contributed by atoms with van der Waals surface area (Å²) in [4.78, 5) is 26.9. The molecule has 0 radical (unpaired) electrons. The first-order valence-electron chi connectivity index (χ1n) is 8.70. The Morgan fingerprint density at radius 2 is 1.88 bits per heavy atom. The third kappa shape index (κ3) is 4.07. The van der Waals surface area contributed by atoms with Crippen LogP contribution in [0.4, 0.5) is 9.80 Å². The Hall–Kier alpha value is -2.34. The number of hydrogen-bond acceptors (Lipinski definition) is 4. The minimum Gasteiger partial charge on any atom is -0.444 e. The van der Waals surface area contributed by atoms with Gasteiger partial charge in [-0.15, -0.1) is 11.3 Å². The van der Waals surface area contributed by atoms with Gasteiger partial charge in [0.1, 0.15) is 10.6 Å². The van der Waals surface area contributed by atoms with Crippen LogP contribution in [0.5, 0.6) is 0 Å². The highest BCUT2D eigenvalue weighted by Crippen LogP contribution is 2.43. The number of nitrogens with zero attached hydrogens (tertiary/aromatic N) is 1. The van der Waals surface area contributed by atoms with Gasteiger partial charge in [-0.2, -0.15) is 0 Å². The number of ether oxygens (including phenoxy) is 1. The van der Waals surface area contributed by atoms with Crippen molar-refractivity contribution < 1.29 is 14.3 Å². The molecule has 0 fully saturated rings. The predicted octanol–water partition coefficient (Wildman–Crippen LogP) is 4.67. The molecule has 2 heterocycles. The lowest BCUT2D eigenvalue weighted by atomic mass is 9.97. The fraction of sp³-hybridized carbons (Fsp3) is 0.400. The maximum atomic E-state index is 12.4. The van der Waals surface area contributed by atoms with E-state index in [0.29, 0.717) is 13.1 Å². The number of carbonyl (C=O) groups excluding carboxylic acids is 2. The molecule has 0 bridgehead atoms. The maximum Gasteiger partial charge on any atom is 0.410 e. The van der Waals surface area contributed by atoms with Gasteiger partial charge in [0.2, 0.25) is 5.91 Å². The van der Waals surface area contributed by atoms with Gasteiger partial charge in [0.25, 0.3) is 0 Å². The van der Waals surface area contributed by atoms with Gasteiger partial charge in [-0.3, -0.25) is 4.79 Å². The average molecular weight is 372 g/mol. The molecule has 0 saturated carbocycles. The van der Waals surface area contributed by atoms with E-state index in [-0.39, 0.29) is 12.0 Å². The number of thiophene rings is 1. The standard InChI is InChI=1S/C20H24N2O3S/c1-13(23)21-18-17(14-8-6-5-7-9-14)15-10-11-22(12-16(15)26-18)19(24)25-20(2,3)4/h5-9H,10-12H2,1-4H3,(H,21,23). The number of nitrogens with one attached hydrogen (secondary N) is 1. The molecule has 1 aliphatic heterocycles. The average Bonchev–Trinajstić information content (AvgIpc) is 2.90. The van der Waals surface area contributed by atoms with E-state index in [1.54, 1.807) is 16.2 Å². The van der Waals surface area contributed by atoms with Crippen molar-refractivity contribution in [2.75, 3.05) is 11.9 Å². The van der Waals surface area contributed by atoms with Crippen LogP contribution in [0.2, 0.25) is 0 Å². The number of hydrogen-bond donors (Lipinski definition) is 1. The Labute approximate surface area is 158 Å². The highest BCUT2D eigenvalue weighted by Gasteiger charge is 2.30. The van der Waals surface area contributed by atoms with Gasteiger partial charge in [0.15, 0.2) is 0 Å². The van der Waals surface area contributed by atoms with Gasteiger partial charge in [-0.05, 0) is 38.3 Å². The molecule has 2 amide bonds. The normalized spacial score (nSPS) is 13.9. The van der Waals surface area contributed by atoms with Crippen molar-refractivity contribution in [2.45, 2.75) is 46.3 Å². The van der Waals surface area contributed by atoms with E-state index in [9.17, 15) is 9.59 Å². The van der Waals surface area contributed by atoms with Crippen molar-refractivity contribution in [3.63, 3.8) is 0 Å². The van der Waals surface area contributed by atoms with Crippen LogP contribution in [0.25, 0.3) is 11.1 Å². The number of fused-ring (bicyclic) bond motifs is 1. The van der Waals surface area contributed by atoms with E-state index in [2.05, 4.69) is 5.32 Å². The molecular formula is C20H24N2O3S. The summed E-state index contributed by atoms with van der Waals surface area (Å²) >= 11 is 1.54. The van der Waals surface area contributed by atoms with Crippen LogP contribution in [-0.2, 0) is 22.5 Å². The fourth-order valence-corrected chi connectivity index (χ4v) is 4.38. The molecule has 0 spiro atoms. The second kappa shape index (κ2) is 7.11. The van der Waals surface area contributed by atoms with Gasteiger partial charge < -0.3 is 15.0 Å². The number of benzene rings is 1. The van der Waals surface area contributed by atoms with E-state index in [1.807, 2.05) is 51.1 Å². The molecule has 26 heavy (non-hydrogen) atoms. The lowest BCUT2D eigenvalue weighted by Gasteiger charge is -2.30. The van der Waals surface area contributed by atoms with Crippen molar-refractivity contribution in [1.29, 1.82) is 0 Å². The zero-order valence-electron chi connectivity index (χ0n) is 15.6. The van der Waals surface area contributed by atoms with Gasteiger partial charge in [0, 0.05) is 23.9 Å². The van der Waals surface area contributed by atoms with Crippen molar-refractivity contribution in [3.8, 4) is 11.1 Å². The predicted molar refractivity (Wildman–Crippen MR) is 104 cm³/mol. The quantitative estimate of drug-likeness (QED) is 0.834. The Kier molecular flexibility index (Phi) is 5.05. The molecule has 3 rings (SSSR count). The molecule has 1 aliphatic rings. The first kappa shape index (κ1) is 18.5. The van der Waals surface area contributed by atoms with Crippen LogP contribution in [-0.4, -0.2) is 29.0 Å². The zero-order valence-corrected chi connectivity index (χ0v) is 16.4. The van der Waals surface area contributed by atoms with Crippen molar-refractivity contribution in [2.24, 2.45) is 0 Å². The molecule has 0 atom stereocenters. The largest absolute Gasteiger partial charge is 0.444 e. The molecule has 0 aliphatic carbocycles. The molecule has 1 N–H and O–H groups in total. The highest BCUT2D eigenvalue weighted by molar-refractivity contribution is 7.17. The third-order valence-corrected chi connectivity index (χ3v) is 5.19. The summed E-state index contributed by atoms with van der Waals surface area (Å²) in [6.07, 6.45) is 0.452. The van der Waals surface area contributed by atoms with Crippen LogP contribution < -0.4 is 5.32 Å². The highest BCUT2D eigenvalue weighted by atomic mass is 32.1. The number of carbonyl (C=O) groups is 2. The van der Waals surface area contributed by atoms with Gasteiger partial charge in [-0.25, -0.2) is 4.79 Å². The Morgan fingerprint density at radius 1 is 1.19 bits per heavy atom. The summed E-state index contributed by atoms with van der Waals surface area (Å²) in [7, 11) is 0. The van der Waals surface area contributed by atoms with E-state index < -0.39 is 5.60 Å². The van der Waals surface area contributed by atoms with Crippen LogP contribution in [0.3, 0.4) is 0 Å². The van der Waals surface area contributed by atoms with E-state index in [4.69, 9.17) is 4.74 Å². The molecule has 2 aromatic rings. The summed E-state index contributed by atoms with van der Waals surface area (Å²) in [6, 6.07) is 10.1. The first-order chi connectivity index (χ1) is 12.2. The topological polar surface area (TPSA) is 58.6 Å². The summed E-state index contributed by atoms with van der Waals surface area (Å²) in [5.74, 6) is -0.0928. The smallest absolute Gasteiger partial charge is 0.410 e. The first-order valence-corrected chi connectivity index (χ1v) is 9.52. The Morgan fingerprint density at radius 3 is 2.50 bits per heavy atom. The summed E-state index contributed by atoms with van der Waals surface area (Å²) < 4.78 is 5.50. The van der Waals surface area contributed by atoms with E-state index in [0.717, 1.165) is 27.4 Å². The number of anilines is 1. The number of rotatable bonds is 2. The summed E-state index contributed by atoms with van der Waals surface area (Å²) in [5, 5.41) is 3.80. The minimum atomic E-state index is -0.511. The van der Waals surface area contributed by atoms with Gasteiger partial charge >= 0.3 is 6.09 Å². The summed E-state index contributed by atoms with van der Waals surface area (Å²) in [5.41, 5.74) is 2.86. The molecule has 5 nitrogen and oxygen atoms in total. The lowest BCUT2D eigenvalue weighted by Crippen LogP contribution is -2.39. The van der Waals surface area contributed by atoms with Crippen molar-refractivity contribution in [3.05, 3.63) is 40.8 Å². The molecule has 6 heteroatoms. The van der Waals surface area contributed by atoms with Crippen molar-refractivity contribution >= 4 is 28.3 Å². The van der Waals surface area contributed by atoms with Crippen LogP contribution >= 0.6 is 11.3 Å². The van der Waals surface area contributed by atoms with E-state index in [1.165, 1.54) is 12.5 Å². The summed E-state index contributed by atoms with van der Waals surface area (Å²) in [6.45, 7) is 8.24. The monoisotopic (exact) mass is 372 g/mol. The SMILES string of the molecule is CC(=O)Nc1sc2c(c1-c1ccccc1)CCN(C(=O)OC(C)(C)C)C2. The maximum absolute atomic E-state index is 12.4. The minimum absolute atomic E-state index is 0.0928. The lowest BCUT2D eigenvalue weighted by molar-refractivity contribution is -0.114. The van der Waals surface area contributed by atoms with Gasteiger partial charge in [-0.1, -0.05) is 30.3 Å². The van der Waals surface area contributed by atoms with Crippen LogP contribution in [0.1, 0.15) is 38.1 Å². The molecular weight excluding hydrogens is 348 g/mol. The zero-order chi connectivity index (χ0) is 18.9.